The van der Waals surface area contributed by atoms with Crippen molar-refractivity contribution in [1.82, 2.24) is 10.2 Å². The van der Waals surface area contributed by atoms with Crippen LogP contribution in [0.2, 0.25) is 0 Å². The van der Waals surface area contributed by atoms with Crippen LogP contribution in [0.3, 0.4) is 0 Å². The van der Waals surface area contributed by atoms with Crippen molar-refractivity contribution in [3.05, 3.63) is 76.5 Å². The zero-order valence-corrected chi connectivity index (χ0v) is 15.2. The second-order valence-electron chi connectivity index (χ2n) is 6.67. The molecular formula is C21H18F2N2O3. The van der Waals surface area contributed by atoms with Gasteiger partial charge in [0.25, 0.3) is 5.91 Å². The molecule has 5 nitrogen and oxygen atoms in total. The van der Waals surface area contributed by atoms with Crippen molar-refractivity contribution in [2.24, 2.45) is 0 Å². The zero-order chi connectivity index (χ0) is 19.8. The highest BCUT2D eigenvalue weighted by Crippen LogP contribution is 2.41. The highest BCUT2D eigenvalue weighted by Gasteiger charge is 2.42. The first-order valence-electron chi connectivity index (χ1n) is 8.95. The van der Waals surface area contributed by atoms with E-state index < -0.39 is 23.5 Å². The summed E-state index contributed by atoms with van der Waals surface area (Å²) in [5.41, 5.74) is 2.16. The summed E-state index contributed by atoms with van der Waals surface area (Å²) < 4.78 is 32.4. The molecule has 2 aromatic rings. The van der Waals surface area contributed by atoms with Crippen molar-refractivity contribution in [1.29, 1.82) is 0 Å². The number of hydrogen-bond donors (Lipinski definition) is 1. The van der Waals surface area contributed by atoms with Crippen LogP contribution >= 0.6 is 0 Å². The second-order valence-corrected chi connectivity index (χ2v) is 6.67. The van der Waals surface area contributed by atoms with Gasteiger partial charge in [-0.3, -0.25) is 9.59 Å². The summed E-state index contributed by atoms with van der Waals surface area (Å²) in [6.45, 7) is 0.919. The van der Waals surface area contributed by atoms with E-state index in [9.17, 15) is 18.4 Å². The lowest BCUT2D eigenvalue weighted by molar-refractivity contribution is -0.141. The van der Waals surface area contributed by atoms with Crippen LogP contribution in [0.1, 0.15) is 33.8 Å². The molecule has 0 saturated carbocycles. The molecule has 2 aliphatic rings. The maximum atomic E-state index is 13.9. The molecule has 2 heterocycles. The van der Waals surface area contributed by atoms with Crippen molar-refractivity contribution < 1.29 is 23.1 Å². The van der Waals surface area contributed by atoms with Crippen LogP contribution < -0.4 is 5.32 Å². The molecule has 1 amide bonds. The highest BCUT2D eigenvalue weighted by atomic mass is 19.2. The molecule has 1 unspecified atom stereocenters. The summed E-state index contributed by atoms with van der Waals surface area (Å²) in [6.07, 6.45) is 0.637. The molecule has 0 saturated heterocycles. The third kappa shape index (κ3) is 2.83. The number of amides is 1. The topological polar surface area (TPSA) is 58.6 Å². The minimum Gasteiger partial charge on any atom is -0.468 e. The Labute approximate surface area is 160 Å². The number of nitrogens with one attached hydrogen (secondary N) is 1. The molecule has 2 aliphatic heterocycles. The van der Waals surface area contributed by atoms with Crippen LogP contribution in [-0.4, -0.2) is 37.0 Å². The Hall–Kier alpha value is -3.22. The lowest BCUT2D eigenvalue weighted by Crippen LogP contribution is -2.41. The summed E-state index contributed by atoms with van der Waals surface area (Å²) in [4.78, 5) is 27.4. The van der Waals surface area contributed by atoms with E-state index in [2.05, 4.69) is 5.32 Å². The monoisotopic (exact) mass is 384 g/mol. The Morgan fingerprint density at radius 1 is 1.18 bits per heavy atom. The van der Waals surface area contributed by atoms with Gasteiger partial charge in [0.2, 0.25) is 0 Å². The fourth-order valence-corrected chi connectivity index (χ4v) is 3.80. The molecule has 7 heteroatoms. The normalized spacial score (nSPS) is 18.8. The van der Waals surface area contributed by atoms with Crippen LogP contribution in [0.25, 0.3) is 5.70 Å². The van der Waals surface area contributed by atoms with E-state index in [1.54, 1.807) is 29.2 Å². The van der Waals surface area contributed by atoms with Gasteiger partial charge >= 0.3 is 5.97 Å². The first-order valence-corrected chi connectivity index (χ1v) is 8.95. The molecule has 1 N–H and O–H groups in total. The first kappa shape index (κ1) is 18.2. The smallest absolute Gasteiger partial charge is 0.319 e. The number of ether oxygens (including phenoxy) is 1. The SMILES string of the molecule is COC(=O)C1C2=C(c3ccc(F)c(F)c3)NCCCN2C(=O)c2ccccc21. The third-order valence-electron chi connectivity index (χ3n) is 5.07. The van der Waals surface area contributed by atoms with Gasteiger partial charge in [0.1, 0.15) is 5.92 Å². The molecule has 144 valence electrons. The van der Waals surface area contributed by atoms with E-state index in [0.717, 1.165) is 12.1 Å². The number of fused-ring (bicyclic) bond motifs is 2. The lowest BCUT2D eigenvalue weighted by atomic mass is 9.84. The van der Waals surface area contributed by atoms with Crippen molar-refractivity contribution in [3.63, 3.8) is 0 Å². The molecule has 0 spiro atoms. The summed E-state index contributed by atoms with van der Waals surface area (Å²) in [5, 5.41) is 3.19. The Kier molecular flexibility index (Phi) is 4.58. The van der Waals surface area contributed by atoms with E-state index in [4.69, 9.17) is 4.74 Å². The van der Waals surface area contributed by atoms with Gasteiger partial charge in [-0.25, -0.2) is 8.78 Å². The molecule has 0 radical (unpaired) electrons. The van der Waals surface area contributed by atoms with E-state index >= 15 is 0 Å². The van der Waals surface area contributed by atoms with Gasteiger partial charge in [-0.15, -0.1) is 0 Å². The van der Waals surface area contributed by atoms with Gasteiger partial charge in [-0.05, 0) is 36.2 Å². The van der Waals surface area contributed by atoms with Crippen LogP contribution in [0.4, 0.5) is 8.78 Å². The largest absolute Gasteiger partial charge is 0.468 e. The molecule has 2 aromatic carbocycles. The number of carbonyl (C=O) groups excluding carboxylic acids is 2. The van der Waals surface area contributed by atoms with Crippen LogP contribution in [0.15, 0.2) is 48.2 Å². The van der Waals surface area contributed by atoms with E-state index in [-0.39, 0.29) is 5.91 Å². The molecule has 0 bridgehead atoms. The van der Waals surface area contributed by atoms with Crippen molar-refractivity contribution in [2.75, 3.05) is 20.2 Å². The Bertz CT molecular complexity index is 1000. The predicted octanol–water partition coefficient (Wildman–Crippen LogP) is 3.04. The van der Waals surface area contributed by atoms with Gasteiger partial charge in [-0.2, -0.15) is 0 Å². The maximum absolute atomic E-state index is 13.9. The molecule has 0 aromatic heterocycles. The van der Waals surface area contributed by atoms with Gasteiger partial charge in [-0.1, -0.05) is 18.2 Å². The standard InChI is InChI=1S/C21H18F2N2O3/c1-28-21(27)17-13-5-2-3-6-14(13)20(26)25-10-4-9-24-18(19(17)25)12-7-8-15(22)16(23)11-12/h2-3,5-8,11,17,24H,4,9-10H2,1H3. The van der Waals surface area contributed by atoms with Crippen molar-refractivity contribution in [2.45, 2.75) is 12.3 Å². The van der Waals surface area contributed by atoms with Crippen LogP contribution in [-0.2, 0) is 9.53 Å². The van der Waals surface area contributed by atoms with Gasteiger partial charge < -0.3 is 15.0 Å². The van der Waals surface area contributed by atoms with Crippen molar-refractivity contribution >= 4 is 17.6 Å². The van der Waals surface area contributed by atoms with Gasteiger partial charge in [0.15, 0.2) is 11.6 Å². The van der Waals surface area contributed by atoms with Gasteiger partial charge in [0, 0.05) is 24.2 Å². The Morgan fingerprint density at radius 3 is 2.71 bits per heavy atom. The zero-order valence-electron chi connectivity index (χ0n) is 15.2. The second kappa shape index (κ2) is 7.07. The number of halogens is 2. The molecule has 0 aliphatic carbocycles. The third-order valence-corrected chi connectivity index (χ3v) is 5.07. The first-order chi connectivity index (χ1) is 13.5. The lowest BCUT2D eigenvalue weighted by Gasteiger charge is -2.36. The highest BCUT2D eigenvalue weighted by molar-refractivity contribution is 6.04. The number of nitrogens with zero attached hydrogens (tertiary/aromatic N) is 1. The molecule has 28 heavy (non-hydrogen) atoms. The number of rotatable bonds is 2. The summed E-state index contributed by atoms with van der Waals surface area (Å²) >= 11 is 0. The van der Waals surface area contributed by atoms with E-state index in [1.165, 1.54) is 13.2 Å². The minimum atomic E-state index is -1.000. The molecule has 4 rings (SSSR count). The number of methoxy groups -OCH3 is 1. The Balaban J connectivity index is 2.01. The average Bonchev–Trinajstić information content (AvgIpc) is 2.93. The number of carbonyl (C=O) groups is 2. The fraction of sp³-hybridized carbons (Fsp3) is 0.238. The Morgan fingerprint density at radius 2 is 1.96 bits per heavy atom. The quantitative estimate of drug-likeness (QED) is 0.809. The maximum Gasteiger partial charge on any atom is 0.319 e. The summed E-state index contributed by atoms with van der Waals surface area (Å²) in [7, 11) is 1.29. The van der Waals surface area contributed by atoms with Crippen LogP contribution in [0, 0.1) is 11.6 Å². The minimum absolute atomic E-state index is 0.227. The number of benzene rings is 2. The number of esters is 1. The van der Waals surface area contributed by atoms with Crippen LogP contribution in [0.5, 0.6) is 0 Å². The molecular weight excluding hydrogens is 366 g/mol. The number of hydrogen-bond acceptors (Lipinski definition) is 4. The van der Waals surface area contributed by atoms with Gasteiger partial charge in [0.05, 0.1) is 18.5 Å². The predicted molar refractivity (Wildman–Crippen MR) is 98.1 cm³/mol. The van der Waals surface area contributed by atoms with E-state index in [1.807, 2.05) is 0 Å². The van der Waals surface area contributed by atoms with Crippen molar-refractivity contribution in [3.8, 4) is 0 Å². The fourth-order valence-electron chi connectivity index (χ4n) is 3.80. The summed E-state index contributed by atoms with van der Waals surface area (Å²) in [5.74, 6) is -3.57. The summed E-state index contributed by atoms with van der Waals surface area (Å²) in [6, 6.07) is 10.4. The molecule has 0 fully saturated rings. The average molecular weight is 384 g/mol. The van der Waals surface area contributed by atoms with E-state index in [0.29, 0.717) is 47.6 Å². The molecule has 1 atom stereocenters.